The number of benzene rings is 2. The van der Waals surface area contributed by atoms with Crippen LogP contribution in [0.15, 0.2) is 47.4 Å². The lowest BCUT2D eigenvalue weighted by atomic mass is 10.1. The van der Waals surface area contributed by atoms with E-state index in [2.05, 4.69) is 5.32 Å². The number of carbonyl (C=O) groups is 1. The maximum absolute atomic E-state index is 12.0. The van der Waals surface area contributed by atoms with Crippen LogP contribution in [0.25, 0.3) is 0 Å². The van der Waals surface area contributed by atoms with Crippen LogP contribution in [0.1, 0.15) is 28.4 Å². The number of nitrogens with two attached hydrogens (primary N) is 1. The number of sulfonamides is 1. The van der Waals surface area contributed by atoms with Crippen LogP contribution in [0.5, 0.6) is 5.75 Å². The van der Waals surface area contributed by atoms with Gasteiger partial charge in [0, 0.05) is 5.56 Å². The summed E-state index contributed by atoms with van der Waals surface area (Å²) in [6, 6.07) is 11.8. The maximum atomic E-state index is 12.0. The molecule has 0 aliphatic rings. The van der Waals surface area contributed by atoms with Crippen LogP contribution in [0, 0.1) is 6.92 Å². The van der Waals surface area contributed by atoms with Gasteiger partial charge in [0.25, 0.3) is 5.91 Å². The first-order valence-electron chi connectivity index (χ1n) is 7.94. The average Bonchev–Trinajstić information content (AvgIpc) is 2.58. The van der Waals surface area contributed by atoms with E-state index in [1.54, 1.807) is 18.2 Å². The predicted molar refractivity (Wildman–Crippen MR) is 96.2 cm³/mol. The SMILES string of the molecule is CCc1cc(S(N)(=O)=O)ccc1OCCNC(=O)c1ccc(C)cc1. The molecule has 25 heavy (non-hydrogen) atoms. The molecular formula is C18H22N2O4S. The summed E-state index contributed by atoms with van der Waals surface area (Å²) >= 11 is 0. The molecule has 3 N–H and O–H groups in total. The highest BCUT2D eigenvalue weighted by molar-refractivity contribution is 7.89. The van der Waals surface area contributed by atoms with E-state index < -0.39 is 10.0 Å². The van der Waals surface area contributed by atoms with E-state index >= 15 is 0 Å². The Morgan fingerprint density at radius 3 is 2.44 bits per heavy atom. The molecule has 6 nitrogen and oxygen atoms in total. The Labute approximate surface area is 148 Å². The van der Waals surface area contributed by atoms with Crippen molar-refractivity contribution in [1.82, 2.24) is 5.32 Å². The van der Waals surface area contributed by atoms with Gasteiger partial charge in [0.1, 0.15) is 12.4 Å². The second-order valence-electron chi connectivity index (χ2n) is 5.64. The number of hydrogen-bond donors (Lipinski definition) is 2. The predicted octanol–water partition coefficient (Wildman–Crippen LogP) is 2.01. The van der Waals surface area contributed by atoms with E-state index in [9.17, 15) is 13.2 Å². The first-order valence-corrected chi connectivity index (χ1v) is 9.49. The third kappa shape index (κ3) is 5.30. The van der Waals surface area contributed by atoms with Gasteiger partial charge in [-0.3, -0.25) is 4.79 Å². The molecule has 0 radical (unpaired) electrons. The van der Waals surface area contributed by atoms with E-state index in [4.69, 9.17) is 9.88 Å². The molecule has 0 saturated carbocycles. The fourth-order valence-electron chi connectivity index (χ4n) is 2.28. The minimum absolute atomic E-state index is 0.0596. The topological polar surface area (TPSA) is 98.5 Å². The van der Waals surface area contributed by atoms with Crippen molar-refractivity contribution in [3.8, 4) is 5.75 Å². The Balaban J connectivity index is 1.91. The monoisotopic (exact) mass is 362 g/mol. The standard InChI is InChI=1S/C18H22N2O4S/c1-3-14-12-16(25(19,22)23)8-9-17(14)24-11-10-20-18(21)15-6-4-13(2)5-7-15/h4-9,12H,3,10-11H2,1-2H3,(H,20,21)(H2,19,22,23). The summed E-state index contributed by atoms with van der Waals surface area (Å²) in [6.45, 7) is 4.47. The second-order valence-corrected chi connectivity index (χ2v) is 7.20. The van der Waals surface area contributed by atoms with Gasteiger partial charge in [-0.2, -0.15) is 0 Å². The summed E-state index contributed by atoms with van der Waals surface area (Å²) in [5.74, 6) is 0.420. The van der Waals surface area contributed by atoms with Gasteiger partial charge in [-0.15, -0.1) is 0 Å². The molecule has 2 aromatic rings. The van der Waals surface area contributed by atoms with Crippen LogP contribution < -0.4 is 15.2 Å². The molecule has 134 valence electrons. The zero-order chi connectivity index (χ0) is 18.4. The van der Waals surface area contributed by atoms with Crippen LogP contribution in [0.2, 0.25) is 0 Å². The number of ether oxygens (including phenoxy) is 1. The number of aryl methyl sites for hydroxylation is 2. The molecule has 0 spiro atoms. The Kier molecular flexibility index (Phi) is 6.17. The van der Waals surface area contributed by atoms with Gasteiger partial charge >= 0.3 is 0 Å². The first-order chi connectivity index (χ1) is 11.8. The zero-order valence-corrected chi connectivity index (χ0v) is 15.1. The molecule has 2 rings (SSSR count). The van der Waals surface area contributed by atoms with Gasteiger partial charge in [0.2, 0.25) is 10.0 Å². The molecule has 0 aromatic heterocycles. The van der Waals surface area contributed by atoms with Gasteiger partial charge in [0.05, 0.1) is 11.4 Å². The maximum Gasteiger partial charge on any atom is 0.251 e. The van der Waals surface area contributed by atoms with Crippen LogP contribution in [-0.4, -0.2) is 27.5 Å². The van der Waals surface area contributed by atoms with Crippen molar-refractivity contribution in [3.63, 3.8) is 0 Å². The Bertz CT molecular complexity index is 846. The number of nitrogens with one attached hydrogen (secondary N) is 1. The van der Waals surface area contributed by atoms with Crippen molar-refractivity contribution < 1.29 is 17.9 Å². The van der Waals surface area contributed by atoms with Crippen LogP contribution in [-0.2, 0) is 16.4 Å². The van der Waals surface area contributed by atoms with E-state index in [1.165, 1.54) is 12.1 Å². The van der Waals surface area contributed by atoms with Crippen LogP contribution >= 0.6 is 0 Å². The van der Waals surface area contributed by atoms with E-state index in [-0.39, 0.29) is 17.4 Å². The lowest BCUT2D eigenvalue weighted by Gasteiger charge is -2.12. The minimum Gasteiger partial charge on any atom is -0.491 e. The summed E-state index contributed by atoms with van der Waals surface area (Å²) in [4.78, 5) is 12.1. The van der Waals surface area contributed by atoms with Crippen molar-refractivity contribution in [2.45, 2.75) is 25.2 Å². The van der Waals surface area contributed by atoms with Crippen molar-refractivity contribution in [2.24, 2.45) is 5.14 Å². The van der Waals surface area contributed by atoms with Crippen molar-refractivity contribution in [3.05, 3.63) is 59.2 Å². The highest BCUT2D eigenvalue weighted by Crippen LogP contribution is 2.22. The smallest absolute Gasteiger partial charge is 0.251 e. The Hall–Kier alpha value is -2.38. The number of rotatable bonds is 7. The van der Waals surface area contributed by atoms with Gasteiger partial charge in [-0.05, 0) is 49.2 Å². The molecular weight excluding hydrogens is 340 g/mol. The number of hydrogen-bond acceptors (Lipinski definition) is 4. The van der Waals surface area contributed by atoms with E-state index in [1.807, 2.05) is 26.0 Å². The molecule has 7 heteroatoms. The van der Waals surface area contributed by atoms with Crippen LogP contribution in [0.3, 0.4) is 0 Å². The highest BCUT2D eigenvalue weighted by Gasteiger charge is 2.11. The first kappa shape index (κ1) is 19.0. The van der Waals surface area contributed by atoms with E-state index in [0.717, 1.165) is 11.1 Å². The molecule has 0 aliphatic heterocycles. The summed E-state index contributed by atoms with van der Waals surface area (Å²) in [5, 5.41) is 7.92. The molecule has 0 fully saturated rings. The molecule has 0 heterocycles. The molecule has 0 saturated heterocycles. The number of primary sulfonamides is 1. The van der Waals surface area contributed by atoms with Gasteiger partial charge in [0.15, 0.2) is 0 Å². The second kappa shape index (κ2) is 8.13. The summed E-state index contributed by atoms with van der Waals surface area (Å²) in [5.41, 5.74) is 2.43. The molecule has 0 atom stereocenters. The molecule has 0 aliphatic carbocycles. The van der Waals surface area contributed by atoms with Crippen molar-refractivity contribution in [2.75, 3.05) is 13.2 Å². The quantitative estimate of drug-likeness (QED) is 0.736. The number of carbonyl (C=O) groups excluding carboxylic acids is 1. The lowest BCUT2D eigenvalue weighted by molar-refractivity contribution is 0.0947. The normalized spacial score (nSPS) is 11.2. The zero-order valence-electron chi connectivity index (χ0n) is 14.3. The Morgan fingerprint density at radius 1 is 1.16 bits per heavy atom. The Morgan fingerprint density at radius 2 is 1.84 bits per heavy atom. The summed E-state index contributed by atoms with van der Waals surface area (Å²) in [7, 11) is -3.73. The molecule has 1 amide bonds. The van der Waals surface area contributed by atoms with E-state index in [0.29, 0.717) is 24.3 Å². The molecule has 2 aromatic carbocycles. The fourth-order valence-corrected chi connectivity index (χ4v) is 2.85. The van der Waals surface area contributed by atoms with Crippen molar-refractivity contribution in [1.29, 1.82) is 0 Å². The van der Waals surface area contributed by atoms with Crippen molar-refractivity contribution >= 4 is 15.9 Å². The summed E-state index contributed by atoms with van der Waals surface area (Å²) in [6.07, 6.45) is 0.606. The van der Waals surface area contributed by atoms with Crippen LogP contribution in [0.4, 0.5) is 0 Å². The van der Waals surface area contributed by atoms with Gasteiger partial charge in [-0.1, -0.05) is 24.6 Å². The van der Waals surface area contributed by atoms with Gasteiger partial charge in [-0.25, -0.2) is 13.6 Å². The average molecular weight is 362 g/mol. The fraction of sp³-hybridized carbons (Fsp3) is 0.278. The molecule has 0 unspecified atom stereocenters. The molecule has 0 bridgehead atoms. The highest BCUT2D eigenvalue weighted by atomic mass is 32.2. The third-order valence-corrected chi connectivity index (χ3v) is 4.61. The largest absolute Gasteiger partial charge is 0.491 e. The number of amides is 1. The minimum atomic E-state index is -3.73. The summed E-state index contributed by atoms with van der Waals surface area (Å²) < 4.78 is 28.4. The third-order valence-electron chi connectivity index (χ3n) is 3.70. The van der Waals surface area contributed by atoms with Gasteiger partial charge < -0.3 is 10.1 Å². The lowest BCUT2D eigenvalue weighted by Crippen LogP contribution is -2.28.